The highest BCUT2D eigenvalue weighted by Crippen LogP contribution is 2.35. The Bertz CT molecular complexity index is 575. The Balaban J connectivity index is 2.49. The monoisotopic (exact) mass is 324 g/mol. The van der Waals surface area contributed by atoms with Gasteiger partial charge in [0.25, 0.3) is 0 Å². The zero-order valence-electron chi connectivity index (χ0n) is 10.9. The van der Waals surface area contributed by atoms with E-state index in [4.69, 9.17) is 10.7 Å². The predicted octanol–water partition coefficient (Wildman–Crippen LogP) is 4.00. The van der Waals surface area contributed by atoms with E-state index >= 15 is 0 Å². The third kappa shape index (κ3) is 2.51. The summed E-state index contributed by atoms with van der Waals surface area (Å²) >= 11 is 5.26. The molecule has 2 N–H and O–H groups in total. The Morgan fingerprint density at radius 2 is 1.94 bits per heavy atom. The van der Waals surface area contributed by atoms with Gasteiger partial charge in [-0.15, -0.1) is 11.3 Å². The van der Waals surface area contributed by atoms with Crippen LogP contribution in [0, 0.1) is 20.8 Å². The molecule has 2 rings (SSSR count). The largest absolute Gasteiger partial charge is 0.330 e. The highest BCUT2D eigenvalue weighted by atomic mass is 79.9. The van der Waals surface area contributed by atoms with Gasteiger partial charge in [0.15, 0.2) is 0 Å². The van der Waals surface area contributed by atoms with Crippen LogP contribution < -0.4 is 5.73 Å². The van der Waals surface area contributed by atoms with Crippen molar-refractivity contribution in [3.05, 3.63) is 38.3 Å². The topological polar surface area (TPSA) is 38.9 Å². The van der Waals surface area contributed by atoms with E-state index in [1.807, 2.05) is 0 Å². The maximum atomic E-state index is 5.60. The quantitative estimate of drug-likeness (QED) is 0.926. The first-order chi connectivity index (χ1) is 8.54. The Kier molecular flexibility index (Phi) is 4.20. The lowest BCUT2D eigenvalue weighted by molar-refractivity contribution is 0.931. The zero-order valence-corrected chi connectivity index (χ0v) is 13.3. The van der Waals surface area contributed by atoms with Crippen LogP contribution in [0.5, 0.6) is 0 Å². The predicted molar refractivity (Wildman–Crippen MR) is 82.2 cm³/mol. The molecule has 96 valence electrons. The van der Waals surface area contributed by atoms with Crippen LogP contribution in [0.3, 0.4) is 0 Å². The zero-order chi connectivity index (χ0) is 13.3. The highest BCUT2D eigenvalue weighted by Gasteiger charge is 2.13. The maximum absolute atomic E-state index is 5.60. The third-order valence-electron chi connectivity index (χ3n) is 3.32. The lowest BCUT2D eigenvalue weighted by Crippen LogP contribution is -2.03. The van der Waals surface area contributed by atoms with Gasteiger partial charge in [0.2, 0.25) is 0 Å². The van der Waals surface area contributed by atoms with E-state index in [1.54, 1.807) is 11.3 Å². The molecule has 0 radical (unpaired) electrons. The van der Waals surface area contributed by atoms with Gasteiger partial charge in [-0.25, -0.2) is 4.98 Å². The van der Waals surface area contributed by atoms with Crippen molar-refractivity contribution in [2.45, 2.75) is 27.2 Å². The fraction of sp³-hybridized carbons (Fsp3) is 0.357. The summed E-state index contributed by atoms with van der Waals surface area (Å²) in [7, 11) is 0. The minimum Gasteiger partial charge on any atom is -0.330 e. The van der Waals surface area contributed by atoms with Crippen molar-refractivity contribution in [3.63, 3.8) is 0 Å². The molecule has 2 aromatic rings. The molecular weight excluding hydrogens is 308 g/mol. The van der Waals surface area contributed by atoms with Gasteiger partial charge >= 0.3 is 0 Å². The summed E-state index contributed by atoms with van der Waals surface area (Å²) < 4.78 is 1.10. The summed E-state index contributed by atoms with van der Waals surface area (Å²) in [6.45, 7) is 7.10. The number of halogens is 1. The Morgan fingerprint density at radius 3 is 2.61 bits per heavy atom. The number of nitrogens with two attached hydrogens (primary N) is 1. The van der Waals surface area contributed by atoms with Crippen LogP contribution in [-0.4, -0.2) is 11.5 Å². The van der Waals surface area contributed by atoms with Crippen molar-refractivity contribution in [1.29, 1.82) is 0 Å². The number of aryl methyl sites for hydroxylation is 1. The van der Waals surface area contributed by atoms with E-state index in [2.05, 4.69) is 48.8 Å². The van der Waals surface area contributed by atoms with Crippen LogP contribution in [0.2, 0.25) is 0 Å². The number of hydrogen-bond acceptors (Lipinski definition) is 3. The van der Waals surface area contributed by atoms with Crippen LogP contribution in [0.25, 0.3) is 10.6 Å². The molecule has 0 amide bonds. The molecule has 0 aliphatic rings. The van der Waals surface area contributed by atoms with Gasteiger partial charge in [0, 0.05) is 12.0 Å². The fourth-order valence-electron chi connectivity index (χ4n) is 1.93. The summed E-state index contributed by atoms with van der Waals surface area (Å²) in [6.07, 6.45) is 0.820. The maximum Gasteiger partial charge on any atom is 0.124 e. The molecule has 0 saturated heterocycles. The molecule has 1 heterocycles. The number of nitrogens with zero attached hydrogens (tertiary/aromatic N) is 1. The highest BCUT2D eigenvalue weighted by molar-refractivity contribution is 9.11. The van der Waals surface area contributed by atoms with Gasteiger partial charge in [-0.05, 0) is 59.9 Å². The van der Waals surface area contributed by atoms with E-state index in [-0.39, 0.29) is 0 Å². The molecular formula is C14H17BrN2S. The number of rotatable bonds is 3. The van der Waals surface area contributed by atoms with Gasteiger partial charge in [0.1, 0.15) is 5.01 Å². The van der Waals surface area contributed by atoms with E-state index < -0.39 is 0 Å². The van der Waals surface area contributed by atoms with Crippen LogP contribution in [-0.2, 0) is 6.42 Å². The molecule has 0 saturated carbocycles. The fourth-order valence-corrected chi connectivity index (χ4v) is 3.60. The van der Waals surface area contributed by atoms with Crippen LogP contribution in [0.1, 0.15) is 22.4 Å². The SMILES string of the molecule is Cc1ccc(-c2nc(CCN)c(Br)s2)c(C)c1C. The Hall–Kier alpha value is -0.710. The first-order valence-electron chi connectivity index (χ1n) is 5.97. The molecule has 0 aliphatic carbocycles. The average molecular weight is 325 g/mol. The lowest BCUT2D eigenvalue weighted by atomic mass is 9.99. The number of benzene rings is 1. The molecule has 1 aromatic carbocycles. The molecule has 0 bridgehead atoms. The Labute approximate surface area is 120 Å². The van der Waals surface area contributed by atoms with E-state index in [0.717, 1.165) is 20.9 Å². The van der Waals surface area contributed by atoms with Crippen molar-refractivity contribution in [2.75, 3.05) is 6.54 Å². The number of aromatic nitrogens is 1. The normalized spacial score (nSPS) is 10.9. The molecule has 4 heteroatoms. The number of hydrogen-bond donors (Lipinski definition) is 1. The molecule has 1 aromatic heterocycles. The summed E-state index contributed by atoms with van der Waals surface area (Å²) in [4.78, 5) is 4.69. The lowest BCUT2D eigenvalue weighted by Gasteiger charge is -2.08. The second kappa shape index (κ2) is 5.51. The smallest absolute Gasteiger partial charge is 0.124 e. The molecule has 0 aliphatic heterocycles. The molecule has 0 fully saturated rings. The molecule has 0 atom stereocenters. The summed E-state index contributed by atoms with van der Waals surface area (Å²) in [5.74, 6) is 0. The van der Waals surface area contributed by atoms with Crippen molar-refractivity contribution in [1.82, 2.24) is 4.98 Å². The first kappa shape index (κ1) is 13.7. The second-order valence-corrected chi connectivity index (χ2v) is 6.78. The van der Waals surface area contributed by atoms with Gasteiger partial charge in [0.05, 0.1) is 9.48 Å². The van der Waals surface area contributed by atoms with Crippen molar-refractivity contribution < 1.29 is 0 Å². The van der Waals surface area contributed by atoms with Gasteiger partial charge in [-0.1, -0.05) is 12.1 Å². The summed E-state index contributed by atoms with van der Waals surface area (Å²) in [6, 6.07) is 4.32. The first-order valence-corrected chi connectivity index (χ1v) is 7.58. The van der Waals surface area contributed by atoms with Crippen LogP contribution in [0.15, 0.2) is 15.9 Å². The second-order valence-electron chi connectivity index (χ2n) is 4.46. The van der Waals surface area contributed by atoms with E-state index in [1.165, 1.54) is 22.3 Å². The minimum absolute atomic E-state index is 0.633. The van der Waals surface area contributed by atoms with Crippen LogP contribution in [0.4, 0.5) is 0 Å². The molecule has 2 nitrogen and oxygen atoms in total. The van der Waals surface area contributed by atoms with Gasteiger partial charge in [-0.2, -0.15) is 0 Å². The molecule has 18 heavy (non-hydrogen) atoms. The van der Waals surface area contributed by atoms with E-state index in [0.29, 0.717) is 6.54 Å². The Morgan fingerprint density at radius 1 is 1.22 bits per heavy atom. The van der Waals surface area contributed by atoms with Crippen molar-refractivity contribution in [2.24, 2.45) is 5.73 Å². The van der Waals surface area contributed by atoms with E-state index in [9.17, 15) is 0 Å². The summed E-state index contributed by atoms with van der Waals surface area (Å²) in [5.41, 5.74) is 11.9. The molecule has 0 spiro atoms. The van der Waals surface area contributed by atoms with Crippen molar-refractivity contribution in [3.8, 4) is 10.6 Å². The summed E-state index contributed by atoms with van der Waals surface area (Å²) in [5, 5.41) is 1.07. The van der Waals surface area contributed by atoms with Crippen molar-refractivity contribution >= 4 is 27.3 Å². The third-order valence-corrected chi connectivity index (χ3v) is 5.18. The van der Waals surface area contributed by atoms with Crippen LogP contribution >= 0.6 is 27.3 Å². The standard InChI is InChI=1S/C14H17BrN2S/c1-8-4-5-11(10(3)9(8)2)14-17-12(6-7-16)13(15)18-14/h4-5H,6-7,16H2,1-3H3. The number of thiazole rings is 1. The minimum atomic E-state index is 0.633. The average Bonchev–Trinajstić information content (AvgIpc) is 2.68. The van der Waals surface area contributed by atoms with Gasteiger partial charge in [-0.3, -0.25) is 0 Å². The van der Waals surface area contributed by atoms with Gasteiger partial charge < -0.3 is 5.73 Å². The molecule has 0 unspecified atom stereocenters.